The van der Waals surface area contributed by atoms with Crippen LogP contribution in [0, 0.1) is 5.82 Å². The molecule has 0 aromatic heterocycles. The molecule has 0 atom stereocenters. The average Bonchev–Trinajstić information content (AvgIpc) is 2.40. The molecule has 19 heavy (non-hydrogen) atoms. The number of hydrogen-bond acceptors (Lipinski definition) is 2. The third-order valence-corrected chi connectivity index (χ3v) is 3.94. The Morgan fingerprint density at radius 2 is 1.79 bits per heavy atom. The predicted octanol–water partition coefficient (Wildman–Crippen LogP) is 4.59. The van der Waals surface area contributed by atoms with Gasteiger partial charge in [-0.3, -0.25) is 4.79 Å². The summed E-state index contributed by atoms with van der Waals surface area (Å²) in [6.45, 7) is 0. The molecule has 2 aromatic rings. The van der Waals surface area contributed by atoms with Crippen LogP contribution in [0.4, 0.5) is 4.39 Å². The van der Waals surface area contributed by atoms with Crippen LogP contribution in [-0.4, -0.2) is 12.9 Å². The fourth-order valence-corrected chi connectivity index (χ4v) is 2.59. The highest BCUT2D eigenvalue weighted by Gasteiger charge is 2.16. The molecule has 0 heterocycles. The van der Waals surface area contributed by atoms with Crippen LogP contribution < -0.4 is 4.74 Å². The van der Waals surface area contributed by atoms with E-state index in [9.17, 15) is 9.18 Å². The zero-order valence-corrected chi connectivity index (χ0v) is 13.1. The Bertz CT molecular complexity index is 641. The van der Waals surface area contributed by atoms with Crippen LogP contribution in [0.25, 0.3) is 0 Å². The number of hydrogen-bond donors (Lipinski definition) is 0. The molecule has 0 amide bonds. The molecule has 0 aliphatic carbocycles. The molecule has 5 heteroatoms. The monoisotopic (exact) mass is 386 g/mol. The number of halogens is 3. The van der Waals surface area contributed by atoms with Crippen molar-refractivity contribution in [1.82, 2.24) is 0 Å². The molecule has 0 fully saturated rings. The van der Waals surface area contributed by atoms with Gasteiger partial charge >= 0.3 is 0 Å². The zero-order chi connectivity index (χ0) is 14.0. The summed E-state index contributed by atoms with van der Waals surface area (Å²) in [4.78, 5) is 12.4. The third kappa shape index (κ3) is 3.04. The van der Waals surface area contributed by atoms with Crippen LogP contribution in [0.3, 0.4) is 0 Å². The highest BCUT2D eigenvalue weighted by atomic mass is 79.9. The van der Waals surface area contributed by atoms with Crippen LogP contribution in [0.2, 0.25) is 0 Å². The second-order valence-electron chi connectivity index (χ2n) is 3.80. The van der Waals surface area contributed by atoms with E-state index in [1.54, 1.807) is 25.3 Å². The maximum Gasteiger partial charge on any atom is 0.195 e. The quantitative estimate of drug-likeness (QED) is 0.720. The number of carbonyl (C=O) groups excluding carboxylic acids is 1. The second kappa shape index (κ2) is 5.84. The first kappa shape index (κ1) is 14.2. The first-order valence-corrected chi connectivity index (χ1v) is 6.95. The molecule has 0 spiro atoms. The van der Waals surface area contributed by atoms with E-state index >= 15 is 0 Å². The fraction of sp³-hybridized carbons (Fsp3) is 0.0714. The maximum atomic E-state index is 13.2. The lowest BCUT2D eigenvalue weighted by Gasteiger charge is -2.08. The summed E-state index contributed by atoms with van der Waals surface area (Å²) in [7, 11) is 1.55. The molecule has 98 valence electrons. The van der Waals surface area contributed by atoms with E-state index in [4.69, 9.17) is 4.74 Å². The van der Waals surface area contributed by atoms with E-state index in [2.05, 4.69) is 31.9 Å². The fourth-order valence-electron chi connectivity index (χ4n) is 1.62. The Morgan fingerprint density at radius 3 is 2.42 bits per heavy atom. The van der Waals surface area contributed by atoms with Gasteiger partial charge in [-0.15, -0.1) is 0 Å². The number of carbonyl (C=O) groups is 1. The summed E-state index contributed by atoms with van der Waals surface area (Å²) in [5.74, 6) is -0.0705. The summed E-state index contributed by atoms with van der Waals surface area (Å²) in [5.41, 5.74) is 0.734. The van der Waals surface area contributed by atoms with Crippen molar-refractivity contribution in [2.24, 2.45) is 0 Å². The van der Waals surface area contributed by atoms with E-state index in [0.717, 1.165) is 0 Å². The Kier molecular flexibility index (Phi) is 4.37. The van der Waals surface area contributed by atoms with Crippen LogP contribution in [0.1, 0.15) is 15.9 Å². The highest BCUT2D eigenvalue weighted by molar-refractivity contribution is 9.11. The van der Waals surface area contributed by atoms with E-state index in [0.29, 0.717) is 20.3 Å². The molecule has 0 N–H and O–H groups in total. The largest absolute Gasteiger partial charge is 0.497 e. The van der Waals surface area contributed by atoms with Gasteiger partial charge in [0.1, 0.15) is 11.6 Å². The smallest absolute Gasteiger partial charge is 0.195 e. The molecule has 0 saturated carbocycles. The summed E-state index contributed by atoms with van der Waals surface area (Å²) in [5, 5.41) is 0. The first-order chi connectivity index (χ1) is 9.02. The van der Waals surface area contributed by atoms with Crippen molar-refractivity contribution < 1.29 is 13.9 Å². The molecule has 0 aliphatic rings. The van der Waals surface area contributed by atoms with Gasteiger partial charge in [0.2, 0.25) is 0 Å². The van der Waals surface area contributed by atoms with Crippen LogP contribution in [-0.2, 0) is 0 Å². The van der Waals surface area contributed by atoms with Gasteiger partial charge in [0.25, 0.3) is 0 Å². The molecule has 2 aromatic carbocycles. The Balaban J connectivity index is 2.47. The number of ether oxygens (including phenoxy) is 1. The van der Waals surface area contributed by atoms with Crippen LogP contribution in [0.5, 0.6) is 5.75 Å². The van der Waals surface area contributed by atoms with Crippen molar-refractivity contribution in [3.05, 3.63) is 62.3 Å². The minimum atomic E-state index is -0.448. The van der Waals surface area contributed by atoms with E-state index < -0.39 is 5.82 Å². The van der Waals surface area contributed by atoms with Crippen molar-refractivity contribution in [3.8, 4) is 5.75 Å². The Hall–Kier alpha value is -1.20. The molecule has 2 rings (SSSR count). The Morgan fingerprint density at radius 1 is 1.05 bits per heavy atom. The molecule has 0 radical (unpaired) electrons. The van der Waals surface area contributed by atoms with Crippen molar-refractivity contribution >= 4 is 37.6 Å². The molecule has 0 aliphatic heterocycles. The topological polar surface area (TPSA) is 26.3 Å². The third-order valence-electron chi connectivity index (χ3n) is 2.59. The summed E-state index contributed by atoms with van der Waals surface area (Å²) >= 11 is 6.57. The normalized spacial score (nSPS) is 10.3. The molecule has 0 bridgehead atoms. The van der Waals surface area contributed by atoms with Gasteiger partial charge in [-0.1, -0.05) is 15.9 Å². The van der Waals surface area contributed by atoms with Gasteiger partial charge < -0.3 is 4.74 Å². The zero-order valence-electron chi connectivity index (χ0n) is 9.91. The number of rotatable bonds is 3. The first-order valence-electron chi connectivity index (χ1n) is 5.36. The highest BCUT2D eigenvalue weighted by Crippen LogP contribution is 2.27. The lowest BCUT2D eigenvalue weighted by Crippen LogP contribution is -2.04. The van der Waals surface area contributed by atoms with Crippen molar-refractivity contribution in [2.75, 3.05) is 7.11 Å². The van der Waals surface area contributed by atoms with Gasteiger partial charge in [0, 0.05) is 20.1 Å². The standard InChI is InChI=1S/C14H9Br2FO2/c1-19-9-3-4-10(13(16)7-9)14(18)11-6-8(17)2-5-12(11)15/h2-7H,1H3. The number of ketones is 1. The minimum absolute atomic E-state index is 0.263. The predicted molar refractivity (Wildman–Crippen MR) is 78.2 cm³/mol. The van der Waals surface area contributed by atoms with Gasteiger partial charge in [0.15, 0.2) is 5.78 Å². The summed E-state index contributed by atoms with van der Waals surface area (Å²) < 4.78 is 19.5. The SMILES string of the molecule is COc1ccc(C(=O)c2cc(F)ccc2Br)c(Br)c1. The second-order valence-corrected chi connectivity index (χ2v) is 5.51. The lowest BCUT2D eigenvalue weighted by molar-refractivity contribution is 0.103. The Labute approximate surface area is 126 Å². The molecule has 2 nitrogen and oxygen atoms in total. The van der Waals surface area contributed by atoms with E-state index in [1.807, 2.05) is 0 Å². The van der Waals surface area contributed by atoms with Gasteiger partial charge in [-0.25, -0.2) is 4.39 Å². The van der Waals surface area contributed by atoms with E-state index in [1.165, 1.54) is 18.2 Å². The van der Waals surface area contributed by atoms with Crippen molar-refractivity contribution in [2.45, 2.75) is 0 Å². The average molecular weight is 388 g/mol. The molecule has 0 unspecified atom stereocenters. The van der Waals surface area contributed by atoms with Crippen LogP contribution in [0.15, 0.2) is 45.3 Å². The molecular weight excluding hydrogens is 379 g/mol. The van der Waals surface area contributed by atoms with Crippen molar-refractivity contribution in [1.29, 1.82) is 0 Å². The van der Waals surface area contributed by atoms with Gasteiger partial charge in [-0.05, 0) is 52.3 Å². The van der Waals surface area contributed by atoms with Gasteiger partial charge in [-0.2, -0.15) is 0 Å². The molecule has 0 saturated heterocycles. The molecular formula is C14H9Br2FO2. The minimum Gasteiger partial charge on any atom is -0.497 e. The number of benzene rings is 2. The summed E-state index contributed by atoms with van der Waals surface area (Å²) in [6, 6.07) is 9.04. The van der Waals surface area contributed by atoms with E-state index in [-0.39, 0.29) is 11.3 Å². The summed E-state index contributed by atoms with van der Waals surface area (Å²) in [6.07, 6.45) is 0. The van der Waals surface area contributed by atoms with Crippen LogP contribution >= 0.6 is 31.9 Å². The van der Waals surface area contributed by atoms with Gasteiger partial charge in [0.05, 0.1) is 7.11 Å². The maximum absolute atomic E-state index is 13.2. The van der Waals surface area contributed by atoms with Crippen molar-refractivity contribution in [3.63, 3.8) is 0 Å². The number of methoxy groups -OCH3 is 1. The lowest BCUT2D eigenvalue weighted by atomic mass is 10.0.